The molecule has 26 heavy (non-hydrogen) atoms. The van der Waals surface area contributed by atoms with E-state index in [2.05, 4.69) is 12.2 Å². The first-order valence-electron chi connectivity index (χ1n) is 11.7. The summed E-state index contributed by atoms with van der Waals surface area (Å²) in [6, 6.07) is 0. The SMILES string of the molecule is O=C1CCCCCCCCCCCC=CCCCCCCCCCC1O. The molecule has 0 amide bonds. The van der Waals surface area contributed by atoms with E-state index in [0.717, 1.165) is 25.7 Å². The molecule has 0 heterocycles. The van der Waals surface area contributed by atoms with Crippen molar-refractivity contribution in [2.75, 3.05) is 0 Å². The standard InChI is InChI=1S/C24H44O2/c25-23-21-19-17-15-13-11-9-7-5-3-1-2-4-6-8-10-12-14-16-18-20-22-24(23)26/h1,3,23,25H,2,4-22H2. The number of carbonyl (C=O) groups excluding carboxylic acids is 1. The molecule has 2 heteroatoms. The fraction of sp³-hybridized carbons (Fsp3) is 0.875. The van der Waals surface area contributed by atoms with Crippen molar-refractivity contribution in [3.8, 4) is 0 Å². The van der Waals surface area contributed by atoms with Crippen LogP contribution in [0.25, 0.3) is 0 Å². The van der Waals surface area contributed by atoms with E-state index in [-0.39, 0.29) is 5.78 Å². The molecule has 0 bridgehead atoms. The Balaban J connectivity index is 2.19. The Morgan fingerprint density at radius 2 is 0.962 bits per heavy atom. The largest absolute Gasteiger partial charge is 0.385 e. The van der Waals surface area contributed by atoms with E-state index in [1.54, 1.807) is 0 Å². The van der Waals surface area contributed by atoms with Crippen molar-refractivity contribution >= 4 is 5.78 Å². The van der Waals surface area contributed by atoms with Crippen LogP contribution in [0.5, 0.6) is 0 Å². The Kier molecular flexibility index (Phi) is 16.0. The van der Waals surface area contributed by atoms with Gasteiger partial charge in [0.1, 0.15) is 6.10 Å². The van der Waals surface area contributed by atoms with E-state index in [1.165, 1.54) is 89.9 Å². The van der Waals surface area contributed by atoms with Crippen LogP contribution in [0.3, 0.4) is 0 Å². The van der Waals surface area contributed by atoms with Crippen LogP contribution < -0.4 is 0 Å². The number of hydrogen-bond acceptors (Lipinski definition) is 2. The van der Waals surface area contributed by atoms with Crippen molar-refractivity contribution in [2.24, 2.45) is 0 Å². The maximum atomic E-state index is 12.0. The molecule has 1 aliphatic rings. The Morgan fingerprint density at radius 3 is 1.46 bits per heavy atom. The summed E-state index contributed by atoms with van der Waals surface area (Å²) < 4.78 is 0. The summed E-state index contributed by atoms with van der Waals surface area (Å²) in [5.41, 5.74) is 0. The Hall–Kier alpha value is -0.630. The van der Waals surface area contributed by atoms with Crippen LogP contribution >= 0.6 is 0 Å². The van der Waals surface area contributed by atoms with Gasteiger partial charge in [-0.3, -0.25) is 4.79 Å². The number of allylic oxidation sites excluding steroid dienone is 2. The Bertz CT molecular complexity index is 348. The zero-order valence-electron chi connectivity index (χ0n) is 17.2. The summed E-state index contributed by atoms with van der Waals surface area (Å²) in [5.74, 6) is 0.0764. The molecule has 0 saturated carbocycles. The summed E-state index contributed by atoms with van der Waals surface area (Å²) in [5, 5.41) is 9.99. The first-order valence-corrected chi connectivity index (χ1v) is 11.7. The van der Waals surface area contributed by atoms with Crippen molar-refractivity contribution < 1.29 is 9.90 Å². The highest BCUT2D eigenvalue weighted by Crippen LogP contribution is 2.15. The monoisotopic (exact) mass is 364 g/mol. The lowest BCUT2D eigenvalue weighted by atomic mass is 10.0. The number of Topliss-reactive ketones (excluding diaryl/α,β-unsaturated/α-hetero) is 1. The lowest BCUT2D eigenvalue weighted by molar-refractivity contribution is -0.127. The molecule has 1 aliphatic carbocycles. The van der Waals surface area contributed by atoms with Crippen molar-refractivity contribution in [1.82, 2.24) is 0 Å². The van der Waals surface area contributed by atoms with E-state index < -0.39 is 6.10 Å². The molecule has 0 radical (unpaired) electrons. The van der Waals surface area contributed by atoms with Crippen molar-refractivity contribution in [1.29, 1.82) is 0 Å². The summed E-state index contributed by atoms with van der Waals surface area (Å²) in [6.07, 6.45) is 28.0. The maximum Gasteiger partial charge on any atom is 0.161 e. The van der Waals surface area contributed by atoms with E-state index in [4.69, 9.17) is 0 Å². The highest BCUT2D eigenvalue weighted by molar-refractivity contribution is 5.82. The van der Waals surface area contributed by atoms with E-state index >= 15 is 0 Å². The minimum Gasteiger partial charge on any atom is -0.385 e. The Labute approximate surface area is 162 Å². The average molecular weight is 365 g/mol. The molecule has 0 aliphatic heterocycles. The smallest absolute Gasteiger partial charge is 0.161 e. The molecular weight excluding hydrogens is 320 g/mol. The fourth-order valence-corrected chi connectivity index (χ4v) is 3.85. The average Bonchev–Trinajstić information content (AvgIpc) is 2.64. The Morgan fingerprint density at radius 1 is 0.577 bits per heavy atom. The van der Waals surface area contributed by atoms with E-state index in [1.807, 2.05) is 0 Å². The minimum atomic E-state index is -0.702. The third kappa shape index (κ3) is 14.5. The normalized spacial score (nSPS) is 25.4. The van der Waals surface area contributed by atoms with Crippen LogP contribution in [0.4, 0.5) is 0 Å². The summed E-state index contributed by atoms with van der Waals surface area (Å²) >= 11 is 0. The molecule has 0 spiro atoms. The molecule has 1 unspecified atom stereocenters. The van der Waals surface area contributed by atoms with Gasteiger partial charge in [0.15, 0.2) is 5.78 Å². The number of ketones is 1. The van der Waals surface area contributed by atoms with Gasteiger partial charge in [-0.25, -0.2) is 0 Å². The zero-order chi connectivity index (χ0) is 18.7. The minimum absolute atomic E-state index is 0.0764. The molecule has 1 N–H and O–H groups in total. The van der Waals surface area contributed by atoms with Gasteiger partial charge in [0.25, 0.3) is 0 Å². The van der Waals surface area contributed by atoms with Crippen LogP contribution in [0.1, 0.15) is 128 Å². The van der Waals surface area contributed by atoms with Crippen molar-refractivity contribution in [3.05, 3.63) is 12.2 Å². The molecule has 2 nitrogen and oxygen atoms in total. The predicted octanol–water partition coefficient (Wildman–Crippen LogP) is 7.29. The molecule has 0 fully saturated rings. The quantitative estimate of drug-likeness (QED) is 0.458. The van der Waals surface area contributed by atoms with Crippen LogP contribution in [-0.2, 0) is 4.79 Å². The molecule has 152 valence electrons. The number of rotatable bonds is 0. The lowest BCUT2D eigenvalue weighted by Gasteiger charge is -2.09. The number of aliphatic hydroxyl groups excluding tert-OH is 1. The number of hydrogen-bond donors (Lipinski definition) is 1. The lowest BCUT2D eigenvalue weighted by Crippen LogP contribution is -2.19. The molecule has 0 saturated heterocycles. The van der Waals surface area contributed by atoms with Gasteiger partial charge in [0.05, 0.1) is 0 Å². The highest BCUT2D eigenvalue weighted by atomic mass is 16.3. The molecule has 1 rings (SSSR count). The zero-order valence-corrected chi connectivity index (χ0v) is 17.2. The van der Waals surface area contributed by atoms with Gasteiger partial charge in [0.2, 0.25) is 0 Å². The predicted molar refractivity (Wildman–Crippen MR) is 112 cm³/mol. The molecular formula is C24H44O2. The van der Waals surface area contributed by atoms with Gasteiger partial charge < -0.3 is 5.11 Å². The first kappa shape index (κ1) is 23.4. The summed E-state index contributed by atoms with van der Waals surface area (Å²) in [6.45, 7) is 0. The van der Waals surface area contributed by atoms with Crippen molar-refractivity contribution in [3.63, 3.8) is 0 Å². The van der Waals surface area contributed by atoms with Gasteiger partial charge in [-0.15, -0.1) is 0 Å². The third-order valence-corrected chi connectivity index (χ3v) is 5.68. The molecule has 1 atom stereocenters. The maximum absolute atomic E-state index is 12.0. The van der Waals surface area contributed by atoms with Crippen LogP contribution in [0.2, 0.25) is 0 Å². The third-order valence-electron chi connectivity index (χ3n) is 5.68. The highest BCUT2D eigenvalue weighted by Gasteiger charge is 2.13. The second-order valence-corrected chi connectivity index (χ2v) is 8.23. The summed E-state index contributed by atoms with van der Waals surface area (Å²) in [4.78, 5) is 12.0. The van der Waals surface area contributed by atoms with E-state index in [9.17, 15) is 9.90 Å². The fourth-order valence-electron chi connectivity index (χ4n) is 3.85. The molecule has 0 aromatic rings. The van der Waals surface area contributed by atoms with Gasteiger partial charge in [0, 0.05) is 6.42 Å². The molecule has 0 aromatic heterocycles. The molecule has 0 aromatic carbocycles. The van der Waals surface area contributed by atoms with Crippen molar-refractivity contribution in [2.45, 2.75) is 135 Å². The van der Waals surface area contributed by atoms with E-state index in [0.29, 0.717) is 12.8 Å². The first-order chi connectivity index (χ1) is 12.8. The van der Waals surface area contributed by atoms with Crippen LogP contribution in [0.15, 0.2) is 12.2 Å². The van der Waals surface area contributed by atoms with Crippen LogP contribution in [0, 0.1) is 0 Å². The summed E-state index contributed by atoms with van der Waals surface area (Å²) in [7, 11) is 0. The number of carbonyl (C=O) groups is 1. The second-order valence-electron chi connectivity index (χ2n) is 8.23. The van der Waals surface area contributed by atoms with Gasteiger partial charge in [-0.2, -0.15) is 0 Å². The van der Waals surface area contributed by atoms with Gasteiger partial charge in [-0.05, 0) is 38.5 Å². The van der Waals surface area contributed by atoms with Gasteiger partial charge >= 0.3 is 0 Å². The second kappa shape index (κ2) is 17.8. The van der Waals surface area contributed by atoms with Gasteiger partial charge in [-0.1, -0.05) is 95.6 Å². The van der Waals surface area contributed by atoms with Crippen LogP contribution in [-0.4, -0.2) is 17.0 Å². The topological polar surface area (TPSA) is 37.3 Å². The number of aliphatic hydroxyl groups is 1.